The van der Waals surface area contributed by atoms with Crippen molar-refractivity contribution in [2.45, 2.75) is 50.8 Å². The van der Waals surface area contributed by atoms with Crippen LogP contribution in [-0.4, -0.2) is 58.1 Å². The van der Waals surface area contributed by atoms with Gasteiger partial charge >= 0.3 is 12.1 Å². The van der Waals surface area contributed by atoms with Crippen molar-refractivity contribution in [3.8, 4) is 0 Å². The van der Waals surface area contributed by atoms with Crippen LogP contribution in [0.2, 0.25) is 0 Å². The largest absolute Gasteiger partial charge is 0.480 e. The molecule has 1 unspecified atom stereocenters. The fourth-order valence-electron chi connectivity index (χ4n) is 3.22. The molecule has 0 saturated carbocycles. The molecular formula is C19H26N4O7. The van der Waals surface area contributed by atoms with Gasteiger partial charge in [0.1, 0.15) is 12.6 Å². The van der Waals surface area contributed by atoms with Crippen LogP contribution in [0.1, 0.15) is 37.7 Å². The molecule has 0 spiro atoms. The third-order valence-electron chi connectivity index (χ3n) is 4.87. The molecule has 11 nitrogen and oxygen atoms in total. The molecule has 30 heavy (non-hydrogen) atoms. The minimum Gasteiger partial charge on any atom is -0.480 e. The van der Waals surface area contributed by atoms with E-state index in [-0.39, 0.29) is 18.2 Å². The van der Waals surface area contributed by atoms with Gasteiger partial charge in [-0.25, -0.2) is 9.59 Å². The van der Waals surface area contributed by atoms with Gasteiger partial charge in [0.25, 0.3) is 5.69 Å². The highest BCUT2D eigenvalue weighted by molar-refractivity contribution is 5.87. The monoisotopic (exact) mass is 422 g/mol. The van der Waals surface area contributed by atoms with Crippen molar-refractivity contribution < 1.29 is 29.2 Å². The standard InChI is InChI=1S/C19H26N4O7/c20-15(17(24)22-11-3-5-16(22)18(25)26)4-1-2-10-21-19(27)30-12-13-6-8-14(9-7-13)23(28)29/h6-9,15-16H,1-5,10-12,20H2,(H,21,27)(H,25,26)/t15?,16-/m0/s1. The number of ether oxygens (including phenoxy) is 1. The Bertz CT molecular complexity index is 769. The predicted molar refractivity (Wildman–Crippen MR) is 105 cm³/mol. The van der Waals surface area contributed by atoms with Crippen molar-refractivity contribution in [2.24, 2.45) is 5.73 Å². The number of nitrogens with one attached hydrogen (secondary N) is 1. The van der Waals surface area contributed by atoms with Crippen LogP contribution in [0.25, 0.3) is 0 Å². The van der Waals surface area contributed by atoms with E-state index in [0.717, 1.165) is 0 Å². The number of nitro groups is 1. The number of unbranched alkanes of at least 4 members (excludes halogenated alkanes) is 1. The van der Waals surface area contributed by atoms with E-state index in [1.807, 2.05) is 0 Å². The summed E-state index contributed by atoms with van der Waals surface area (Å²) < 4.78 is 5.04. The zero-order valence-corrected chi connectivity index (χ0v) is 16.5. The van der Waals surface area contributed by atoms with Gasteiger partial charge in [-0.1, -0.05) is 0 Å². The summed E-state index contributed by atoms with van der Waals surface area (Å²) in [7, 11) is 0. The molecule has 1 aliphatic rings. The second-order valence-electron chi connectivity index (χ2n) is 7.06. The Balaban J connectivity index is 1.60. The quantitative estimate of drug-likeness (QED) is 0.289. The maximum Gasteiger partial charge on any atom is 0.407 e. The number of carbonyl (C=O) groups excluding carboxylic acids is 2. The molecule has 2 amide bonds. The zero-order valence-electron chi connectivity index (χ0n) is 16.5. The fraction of sp³-hybridized carbons (Fsp3) is 0.526. The van der Waals surface area contributed by atoms with Crippen molar-refractivity contribution in [3.05, 3.63) is 39.9 Å². The minimum absolute atomic E-state index is 0.0101. The number of carbonyl (C=O) groups is 3. The lowest BCUT2D eigenvalue weighted by Gasteiger charge is -2.24. The van der Waals surface area contributed by atoms with Crippen LogP contribution in [-0.2, 0) is 20.9 Å². The molecule has 0 bridgehead atoms. The first-order valence-corrected chi connectivity index (χ1v) is 9.72. The number of hydrogen-bond acceptors (Lipinski definition) is 7. The Hall–Kier alpha value is -3.21. The van der Waals surface area contributed by atoms with Gasteiger partial charge in [-0.2, -0.15) is 0 Å². The summed E-state index contributed by atoms with van der Waals surface area (Å²) in [6.45, 7) is 0.733. The Morgan fingerprint density at radius 1 is 1.30 bits per heavy atom. The first-order valence-electron chi connectivity index (χ1n) is 9.72. The van der Waals surface area contributed by atoms with Gasteiger partial charge < -0.3 is 25.8 Å². The molecule has 0 radical (unpaired) electrons. The van der Waals surface area contributed by atoms with Gasteiger partial charge in [-0.3, -0.25) is 14.9 Å². The highest BCUT2D eigenvalue weighted by Gasteiger charge is 2.35. The number of carboxylic acid groups (broad SMARTS) is 1. The fourth-order valence-corrected chi connectivity index (χ4v) is 3.22. The molecule has 1 aliphatic heterocycles. The number of aliphatic carboxylic acids is 1. The summed E-state index contributed by atoms with van der Waals surface area (Å²) in [5, 5.41) is 22.3. The molecule has 1 aromatic carbocycles. The molecule has 1 aromatic rings. The summed E-state index contributed by atoms with van der Waals surface area (Å²) in [4.78, 5) is 46.6. The van der Waals surface area contributed by atoms with E-state index in [9.17, 15) is 24.5 Å². The molecule has 1 fully saturated rings. The van der Waals surface area contributed by atoms with E-state index in [1.54, 1.807) is 0 Å². The summed E-state index contributed by atoms with van der Waals surface area (Å²) in [6, 6.07) is 4.14. The van der Waals surface area contributed by atoms with Crippen LogP contribution < -0.4 is 11.1 Å². The van der Waals surface area contributed by atoms with Crippen molar-refractivity contribution in [2.75, 3.05) is 13.1 Å². The van der Waals surface area contributed by atoms with Gasteiger partial charge in [0.2, 0.25) is 5.91 Å². The summed E-state index contributed by atoms with van der Waals surface area (Å²) in [5.41, 5.74) is 6.49. The summed E-state index contributed by atoms with van der Waals surface area (Å²) in [5.74, 6) is -1.36. The summed E-state index contributed by atoms with van der Waals surface area (Å²) in [6.07, 6.45) is 2.04. The van der Waals surface area contributed by atoms with Gasteiger partial charge in [0.05, 0.1) is 11.0 Å². The highest BCUT2D eigenvalue weighted by Crippen LogP contribution is 2.19. The number of benzene rings is 1. The normalized spacial score (nSPS) is 16.7. The molecule has 11 heteroatoms. The van der Waals surface area contributed by atoms with Crippen molar-refractivity contribution in [1.82, 2.24) is 10.2 Å². The maximum absolute atomic E-state index is 12.3. The average Bonchev–Trinajstić information content (AvgIpc) is 3.21. The SMILES string of the molecule is NC(CCCCNC(=O)OCc1ccc([N+](=O)[O-])cc1)C(=O)N1CCC[C@H]1C(=O)O. The van der Waals surface area contributed by atoms with Crippen LogP contribution in [0.5, 0.6) is 0 Å². The molecule has 2 rings (SSSR count). The Labute approximate surface area is 173 Å². The highest BCUT2D eigenvalue weighted by atomic mass is 16.6. The van der Waals surface area contributed by atoms with Crippen LogP contribution >= 0.6 is 0 Å². The maximum atomic E-state index is 12.3. The number of carboxylic acids is 1. The number of amides is 2. The van der Waals surface area contributed by atoms with E-state index in [2.05, 4.69) is 5.32 Å². The first kappa shape index (κ1) is 23.1. The van der Waals surface area contributed by atoms with Crippen LogP contribution in [0.3, 0.4) is 0 Å². The Kier molecular flexibility index (Phi) is 8.54. The van der Waals surface area contributed by atoms with E-state index < -0.39 is 29.1 Å². The van der Waals surface area contributed by atoms with E-state index in [4.69, 9.17) is 15.6 Å². The molecule has 164 valence electrons. The molecule has 4 N–H and O–H groups in total. The van der Waals surface area contributed by atoms with Crippen LogP contribution in [0.15, 0.2) is 24.3 Å². The number of non-ortho nitro benzene ring substituents is 1. The molecule has 1 heterocycles. The number of nitrogens with two attached hydrogens (primary N) is 1. The number of likely N-dealkylation sites (tertiary alicyclic amines) is 1. The van der Waals surface area contributed by atoms with Gasteiger partial charge in [-0.15, -0.1) is 0 Å². The second kappa shape index (κ2) is 11.1. The van der Waals surface area contributed by atoms with Gasteiger partial charge in [-0.05, 0) is 49.8 Å². The average molecular weight is 422 g/mol. The smallest absolute Gasteiger partial charge is 0.407 e. The van der Waals surface area contributed by atoms with Gasteiger partial charge in [0, 0.05) is 25.2 Å². The molecule has 1 saturated heterocycles. The lowest BCUT2D eigenvalue weighted by molar-refractivity contribution is -0.384. The Morgan fingerprint density at radius 3 is 2.63 bits per heavy atom. The number of nitrogens with zero attached hydrogens (tertiary/aromatic N) is 2. The number of nitro benzene ring substituents is 1. The number of hydrogen-bond donors (Lipinski definition) is 3. The zero-order chi connectivity index (χ0) is 22.1. The summed E-state index contributed by atoms with van der Waals surface area (Å²) >= 11 is 0. The Morgan fingerprint density at radius 2 is 2.00 bits per heavy atom. The van der Waals surface area contributed by atoms with Crippen molar-refractivity contribution >= 4 is 23.7 Å². The van der Waals surface area contributed by atoms with Crippen molar-refractivity contribution in [3.63, 3.8) is 0 Å². The minimum atomic E-state index is -1.01. The molecule has 0 aliphatic carbocycles. The van der Waals surface area contributed by atoms with E-state index >= 15 is 0 Å². The topological polar surface area (TPSA) is 165 Å². The van der Waals surface area contributed by atoms with E-state index in [0.29, 0.717) is 50.8 Å². The molecule has 0 aromatic heterocycles. The first-order chi connectivity index (χ1) is 14.3. The third kappa shape index (κ3) is 6.69. The number of rotatable bonds is 10. The van der Waals surface area contributed by atoms with Crippen LogP contribution in [0, 0.1) is 10.1 Å². The number of alkyl carbamates (subject to hydrolysis) is 1. The van der Waals surface area contributed by atoms with Gasteiger partial charge in [0.15, 0.2) is 0 Å². The van der Waals surface area contributed by atoms with E-state index in [1.165, 1.54) is 29.2 Å². The lowest BCUT2D eigenvalue weighted by atomic mass is 10.1. The molecule has 2 atom stereocenters. The third-order valence-corrected chi connectivity index (χ3v) is 4.87. The predicted octanol–water partition coefficient (Wildman–Crippen LogP) is 1.39. The van der Waals surface area contributed by atoms with Crippen LogP contribution in [0.4, 0.5) is 10.5 Å². The lowest BCUT2D eigenvalue weighted by Crippen LogP contribution is -2.48. The second-order valence-corrected chi connectivity index (χ2v) is 7.06. The van der Waals surface area contributed by atoms with Crippen molar-refractivity contribution in [1.29, 1.82) is 0 Å². The molecular weight excluding hydrogens is 396 g/mol.